The Hall–Kier alpha value is -2.53. The zero-order valence-corrected chi connectivity index (χ0v) is 16.2. The Morgan fingerprint density at radius 1 is 1.04 bits per heavy atom. The molecule has 0 amide bonds. The Morgan fingerprint density at radius 2 is 1.74 bits per heavy atom. The van der Waals surface area contributed by atoms with Crippen LogP contribution in [0.4, 0.5) is 0 Å². The number of methoxy groups -OCH3 is 1. The molecule has 0 aromatic heterocycles. The van der Waals surface area contributed by atoms with E-state index in [1.54, 1.807) is 7.11 Å². The largest absolute Gasteiger partial charge is 0.497 e. The van der Waals surface area contributed by atoms with Crippen molar-refractivity contribution in [3.8, 4) is 5.75 Å². The maximum absolute atomic E-state index is 5.63. The molecule has 1 fully saturated rings. The van der Waals surface area contributed by atoms with E-state index in [0.29, 0.717) is 0 Å². The molecule has 5 nitrogen and oxygen atoms in total. The molecular formula is C22H29N3O2. The fourth-order valence-electron chi connectivity index (χ4n) is 3.53. The minimum atomic E-state index is 0.0366. The molecule has 0 atom stereocenters. The molecule has 5 heteroatoms. The van der Waals surface area contributed by atoms with E-state index in [0.717, 1.165) is 50.9 Å². The number of hydrogen-bond acceptors (Lipinski definition) is 3. The van der Waals surface area contributed by atoms with Crippen LogP contribution in [0.2, 0.25) is 0 Å². The molecular weight excluding hydrogens is 338 g/mol. The van der Waals surface area contributed by atoms with Crippen LogP contribution in [0.1, 0.15) is 24.0 Å². The number of guanidine groups is 1. The van der Waals surface area contributed by atoms with E-state index in [-0.39, 0.29) is 5.41 Å². The van der Waals surface area contributed by atoms with Gasteiger partial charge in [-0.1, -0.05) is 42.5 Å². The van der Waals surface area contributed by atoms with Crippen molar-refractivity contribution in [3.63, 3.8) is 0 Å². The van der Waals surface area contributed by atoms with Gasteiger partial charge in [-0.3, -0.25) is 4.99 Å². The highest BCUT2D eigenvalue weighted by Gasteiger charge is 2.34. The van der Waals surface area contributed by atoms with E-state index in [2.05, 4.69) is 39.9 Å². The topological polar surface area (TPSA) is 54.9 Å². The number of aliphatic imine (C=N–C) groups is 1. The monoisotopic (exact) mass is 367 g/mol. The number of rotatable bonds is 6. The molecule has 1 aliphatic heterocycles. The first kappa shape index (κ1) is 19.2. The molecule has 0 radical (unpaired) electrons. The Labute approximate surface area is 161 Å². The van der Waals surface area contributed by atoms with Crippen LogP contribution in [0.3, 0.4) is 0 Å². The van der Waals surface area contributed by atoms with E-state index in [1.807, 2.05) is 37.4 Å². The van der Waals surface area contributed by atoms with Gasteiger partial charge in [0.05, 0.1) is 7.11 Å². The first-order chi connectivity index (χ1) is 13.3. The third-order valence-electron chi connectivity index (χ3n) is 5.27. The van der Waals surface area contributed by atoms with Crippen molar-refractivity contribution in [2.75, 3.05) is 33.9 Å². The van der Waals surface area contributed by atoms with Crippen molar-refractivity contribution in [2.24, 2.45) is 4.99 Å². The number of ether oxygens (including phenoxy) is 2. The lowest BCUT2D eigenvalue weighted by Gasteiger charge is -2.38. The summed E-state index contributed by atoms with van der Waals surface area (Å²) < 4.78 is 10.9. The maximum Gasteiger partial charge on any atom is 0.191 e. The van der Waals surface area contributed by atoms with Gasteiger partial charge in [0.25, 0.3) is 0 Å². The van der Waals surface area contributed by atoms with Crippen LogP contribution < -0.4 is 15.4 Å². The van der Waals surface area contributed by atoms with Crippen LogP contribution in [0.5, 0.6) is 5.75 Å². The molecule has 1 aliphatic rings. The normalized spacial score (nSPS) is 16.6. The van der Waals surface area contributed by atoms with Crippen molar-refractivity contribution < 1.29 is 9.47 Å². The van der Waals surface area contributed by atoms with Crippen LogP contribution in [-0.4, -0.2) is 39.9 Å². The zero-order chi connectivity index (χ0) is 19.0. The molecule has 2 aromatic carbocycles. The summed E-state index contributed by atoms with van der Waals surface area (Å²) in [6, 6.07) is 18.8. The third-order valence-corrected chi connectivity index (χ3v) is 5.27. The van der Waals surface area contributed by atoms with Gasteiger partial charge in [0.2, 0.25) is 0 Å². The van der Waals surface area contributed by atoms with Crippen molar-refractivity contribution in [3.05, 3.63) is 65.7 Å². The fraction of sp³-hybridized carbons (Fsp3) is 0.409. The lowest BCUT2D eigenvalue weighted by molar-refractivity contribution is 0.0513. The Morgan fingerprint density at radius 3 is 2.37 bits per heavy atom. The first-order valence-electron chi connectivity index (χ1n) is 9.46. The molecule has 0 aliphatic carbocycles. The average molecular weight is 367 g/mol. The molecule has 1 saturated heterocycles. The summed E-state index contributed by atoms with van der Waals surface area (Å²) in [6.07, 6.45) is 1.98. The summed E-state index contributed by atoms with van der Waals surface area (Å²) in [5.41, 5.74) is 2.59. The van der Waals surface area contributed by atoms with Crippen molar-refractivity contribution in [1.29, 1.82) is 0 Å². The lowest BCUT2D eigenvalue weighted by atomic mass is 9.74. The summed E-state index contributed by atoms with van der Waals surface area (Å²) in [4.78, 5) is 4.38. The second-order valence-corrected chi connectivity index (χ2v) is 6.89. The van der Waals surface area contributed by atoms with E-state index in [4.69, 9.17) is 9.47 Å². The smallest absolute Gasteiger partial charge is 0.191 e. The van der Waals surface area contributed by atoms with E-state index >= 15 is 0 Å². The van der Waals surface area contributed by atoms with Gasteiger partial charge < -0.3 is 20.1 Å². The molecule has 144 valence electrons. The van der Waals surface area contributed by atoms with Gasteiger partial charge in [-0.25, -0.2) is 0 Å². The summed E-state index contributed by atoms with van der Waals surface area (Å²) in [5, 5.41) is 6.93. The SMILES string of the molecule is CN=C(NCc1ccccc1)NCC1(c2ccc(OC)cc2)CCOCC1. The minimum absolute atomic E-state index is 0.0366. The molecule has 2 aromatic rings. The van der Waals surface area contributed by atoms with Gasteiger partial charge >= 0.3 is 0 Å². The van der Waals surface area contributed by atoms with Crippen molar-refractivity contribution in [2.45, 2.75) is 24.8 Å². The van der Waals surface area contributed by atoms with Crippen LogP contribution in [-0.2, 0) is 16.7 Å². The summed E-state index contributed by atoms with van der Waals surface area (Å²) in [5.74, 6) is 1.70. The average Bonchev–Trinajstić information content (AvgIpc) is 2.75. The standard InChI is InChI=1S/C22H29N3O2/c1-23-21(24-16-18-6-4-3-5-7-18)25-17-22(12-14-27-15-13-22)19-8-10-20(26-2)11-9-19/h3-11H,12-17H2,1-2H3,(H2,23,24,25). The molecule has 2 N–H and O–H groups in total. The first-order valence-corrected chi connectivity index (χ1v) is 9.46. The van der Waals surface area contributed by atoms with Gasteiger partial charge in [-0.15, -0.1) is 0 Å². The predicted molar refractivity (Wildman–Crippen MR) is 109 cm³/mol. The molecule has 0 spiro atoms. The highest BCUT2D eigenvalue weighted by molar-refractivity contribution is 5.79. The Kier molecular flexibility index (Phi) is 6.71. The molecule has 0 saturated carbocycles. The van der Waals surface area contributed by atoms with Crippen molar-refractivity contribution >= 4 is 5.96 Å². The highest BCUT2D eigenvalue weighted by atomic mass is 16.5. The number of nitrogens with zero attached hydrogens (tertiary/aromatic N) is 1. The van der Waals surface area contributed by atoms with E-state index in [9.17, 15) is 0 Å². The quantitative estimate of drug-likeness (QED) is 0.608. The molecule has 27 heavy (non-hydrogen) atoms. The summed E-state index contributed by atoms with van der Waals surface area (Å²) in [6.45, 7) is 3.13. The number of hydrogen-bond donors (Lipinski definition) is 2. The van der Waals surface area contributed by atoms with Crippen molar-refractivity contribution in [1.82, 2.24) is 10.6 Å². The second-order valence-electron chi connectivity index (χ2n) is 6.89. The van der Waals surface area contributed by atoms with Gasteiger partial charge in [0, 0.05) is 38.8 Å². The Bertz CT molecular complexity index is 723. The van der Waals surface area contributed by atoms with Gasteiger partial charge in [0.1, 0.15) is 5.75 Å². The van der Waals surface area contributed by atoms with E-state index < -0.39 is 0 Å². The summed E-state index contributed by atoms with van der Waals surface area (Å²) >= 11 is 0. The molecule has 3 rings (SSSR count). The van der Waals surface area contributed by atoms with E-state index in [1.165, 1.54) is 11.1 Å². The third kappa shape index (κ3) is 5.01. The fourth-order valence-corrected chi connectivity index (χ4v) is 3.53. The summed E-state index contributed by atoms with van der Waals surface area (Å²) in [7, 11) is 3.51. The Balaban J connectivity index is 1.66. The number of benzene rings is 2. The van der Waals surface area contributed by atoms with Crippen LogP contribution in [0.15, 0.2) is 59.6 Å². The highest BCUT2D eigenvalue weighted by Crippen LogP contribution is 2.35. The van der Waals surface area contributed by atoms with Crippen LogP contribution in [0.25, 0.3) is 0 Å². The minimum Gasteiger partial charge on any atom is -0.497 e. The predicted octanol–water partition coefficient (Wildman–Crippen LogP) is 3.11. The van der Waals surface area contributed by atoms with Gasteiger partial charge in [-0.05, 0) is 36.1 Å². The maximum atomic E-state index is 5.63. The second kappa shape index (κ2) is 9.42. The lowest BCUT2D eigenvalue weighted by Crippen LogP contribution is -2.47. The van der Waals surface area contributed by atoms with Gasteiger partial charge in [-0.2, -0.15) is 0 Å². The zero-order valence-electron chi connectivity index (χ0n) is 16.2. The molecule has 1 heterocycles. The van der Waals surface area contributed by atoms with Crippen LogP contribution in [0, 0.1) is 0 Å². The van der Waals surface area contributed by atoms with Crippen LogP contribution >= 0.6 is 0 Å². The van der Waals surface area contributed by atoms with Gasteiger partial charge in [0.15, 0.2) is 5.96 Å². The molecule has 0 unspecified atom stereocenters. The number of nitrogens with one attached hydrogen (secondary N) is 2. The molecule has 0 bridgehead atoms.